The third-order valence-corrected chi connectivity index (χ3v) is 4.77. The van der Waals surface area contributed by atoms with Crippen LogP contribution in [0.4, 0.5) is 5.69 Å². The van der Waals surface area contributed by atoms with Crippen LogP contribution in [0.2, 0.25) is 5.02 Å². The van der Waals surface area contributed by atoms with E-state index in [0.717, 1.165) is 0 Å². The van der Waals surface area contributed by atoms with Crippen molar-refractivity contribution < 1.29 is 14.3 Å². The number of methoxy groups -OCH3 is 1. The number of aryl methyl sites for hydroxylation is 1. The van der Waals surface area contributed by atoms with Gasteiger partial charge in [0.1, 0.15) is 17.0 Å². The van der Waals surface area contributed by atoms with E-state index in [1.165, 1.54) is 22.5 Å². The molecule has 0 bridgehead atoms. The first kappa shape index (κ1) is 20.4. The highest BCUT2D eigenvalue weighted by Gasteiger charge is 2.21. The highest BCUT2D eigenvalue weighted by Crippen LogP contribution is 2.36. The average Bonchev–Trinajstić information content (AvgIpc) is 3.36. The number of ether oxygens (including phenoxy) is 1. The van der Waals surface area contributed by atoms with Gasteiger partial charge in [0.25, 0.3) is 5.91 Å². The van der Waals surface area contributed by atoms with Gasteiger partial charge in [0, 0.05) is 42.1 Å². The predicted octanol–water partition coefficient (Wildman–Crippen LogP) is 2.38. The summed E-state index contributed by atoms with van der Waals surface area (Å²) in [5, 5.41) is 12.0. The summed E-state index contributed by atoms with van der Waals surface area (Å²) in [5.74, 6) is -0.344. The molecule has 0 saturated heterocycles. The van der Waals surface area contributed by atoms with E-state index in [4.69, 9.17) is 22.1 Å². The first-order valence-corrected chi connectivity index (χ1v) is 9.63. The lowest BCUT2D eigenvalue weighted by Gasteiger charge is -2.09. The number of carbonyl (C=O) groups is 2. The highest BCUT2D eigenvalue weighted by molar-refractivity contribution is 6.31. The minimum absolute atomic E-state index is 0.0964. The van der Waals surface area contributed by atoms with Gasteiger partial charge in [-0.2, -0.15) is 10.2 Å². The Balaban J connectivity index is 1.74. The van der Waals surface area contributed by atoms with Gasteiger partial charge in [-0.05, 0) is 24.3 Å². The molecule has 1 aromatic carbocycles. The molecule has 11 heteroatoms. The third kappa shape index (κ3) is 4.19. The number of nitrogens with zero attached hydrogens (tertiary/aromatic N) is 5. The largest absolute Gasteiger partial charge is 0.496 e. The van der Waals surface area contributed by atoms with Crippen LogP contribution >= 0.6 is 11.6 Å². The van der Waals surface area contributed by atoms with Gasteiger partial charge >= 0.3 is 0 Å². The second kappa shape index (κ2) is 8.44. The van der Waals surface area contributed by atoms with Gasteiger partial charge in [0.15, 0.2) is 5.65 Å². The Kier molecular flexibility index (Phi) is 5.54. The zero-order chi connectivity index (χ0) is 22.0. The van der Waals surface area contributed by atoms with Crippen LogP contribution in [0.3, 0.4) is 0 Å². The van der Waals surface area contributed by atoms with Crippen LogP contribution in [0.15, 0.2) is 49.1 Å². The number of rotatable bonds is 7. The number of benzene rings is 1. The van der Waals surface area contributed by atoms with Crippen LogP contribution in [-0.2, 0) is 11.3 Å². The number of fused-ring (bicyclic) bond motifs is 1. The number of amides is 2. The Morgan fingerprint density at radius 1 is 1.32 bits per heavy atom. The SMILES string of the molecule is COc1ccc(Cl)cc1-c1nn(CCC(N)=O)cc1NC(=O)c1cnn2cccnc12. The summed E-state index contributed by atoms with van der Waals surface area (Å²) in [6.45, 7) is 0.249. The van der Waals surface area contributed by atoms with Gasteiger partial charge in [-0.25, -0.2) is 9.50 Å². The molecule has 3 N–H and O–H groups in total. The molecule has 31 heavy (non-hydrogen) atoms. The van der Waals surface area contributed by atoms with Crippen molar-refractivity contribution in [1.82, 2.24) is 24.4 Å². The number of nitrogens with one attached hydrogen (secondary N) is 1. The van der Waals surface area contributed by atoms with Crippen molar-refractivity contribution in [3.8, 4) is 17.0 Å². The van der Waals surface area contributed by atoms with Crippen LogP contribution in [0.5, 0.6) is 5.75 Å². The molecule has 0 aliphatic heterocycles. The van der Waals surface area contributed by atoms with Crippen molar-refractivity contribution in [2.45, 2.75) is 13.0 Å². The van der Waals surface area contributed by atoms with Crippen molar-refractivity contribution in [2.75, 3.05) is 12.4 Å². The summed E-state index contributed by atoms with van der Waals surface area (Å²) in [6.07, 6.45) is 6.44. The molecule has 0 unspecified atom stereocenters. The molecule has 2 amide bonds. The van der Waals surface area contributed by atoms with E-state index in [-0.39, 0.29) is 13.0 Å². The maximum Gasteiger partial charge on any atom is 0.261 e. The van der Waals surface area contributed by atoms with Gasteiger partial charge in [0.05, 0.1) is 19.0 Å². The van der Waals surface area contributed by atoms with Crippen LogP contribution in [-0.4, -0.2) is 43.3 Å². The molecule has 0 atom stereocenters. The predicted molar refractivity (Wildman–Crippen MR) is 114 cm³/mol. The number of primary amides is 1. The van der Waals surface area contributed by atoms with Crippen LogP contribution in [0.25, 0.3) is 16.9 Å². The van der Waals surface area contributed by atoms with Gasteiger partial charge < -0.3 is 15.8 Å². The monoisotopic (exact) mass is 439 g/mol. The summed E-state index contributed by atoms with van der Waals surface area (Å²) < 4.78 is 8.47. The van der Waals surface area contributed by atoms with Crippen molar-refractivity contribution in [3.05, 3.63) is 59.6 Å². The minimum atomic E-state index is -0.458. The minimum Gasteiger partial charge on any atom is -0.496 e. The first-order chi connectivity index (χ1) is 15.0. The van der Waals surface area contributed by atoms with E-state index in [2.05, 4.69) is 20.5 Å². The Bertz CT molecular complexity index is 1280. The zero-order valence-electron chi connectivity index (χ0n) is 16.4. The molecule has 0 fully saturated rings. The summed E-state index contributed by atoms with van der Waals surface area (Å²) in [4.78, 5) is 28.4. The standard InChI is InChI=1S/C20H18ClN7O3/c1-31-16-4-3-12(21)9-13(16)18-15(11-27(26-18)8-5-17(22)29)25-20(30)14-10-24-28-7-2-6-23-19(14)28/h2-4,6-7,9-11H,5,8H2,1H3,(H2,22,29)(H,25,30). The molecule has 0 spiro atoms. The lowest BCUT2D eigenvalue weighted by molar-refractivity contribution is -0.118. The molecule has 4 rings (SSSR count). The average molecular weight is 440 g/mol. The van der Waals surface area contributed by atoms with Crippen LogP contribution < -0.4 is 15.8 Å². The third-order valence-electron chi connectivity index (χ3n) is 4.54. The fourth-order valence-corrected chi connectivity index (χ4v) is 3.27. The number of nitrogens with two attached hydrogens (primary N) is 1. The van der Waals surface area contributed by atoms with E-state index < -0.39 is 11.8 Å². The lowest BCUT2D eigenvalue weighted by Crippen LogP contribution is -2.14. The fraction of sp³-hybridized carbons (Fsp3) is 0.150. The normalized spacial score (nSPS) is 10.9. The molecule has 3 heterocycles. The Morgan fingerprint density at radius 2 is 2.16 bits per heavy atom. The second-order valence-corrected chi connectivity index (χ2v) is 7.05. The van der Waals surface area contributed by atoms with Gasteiger partial charge in [0.2, 0.25) is 5.91 Å². The Labute approximate surface area is 181 Å². The highest BCUT2D eigenvalue weighted by atomic mass is 35.5. The Hall–Kier alpha value is -3.92. The quantitative estimate of drug-likeness (QED) is 0.454. The molecule has 158 valence electrons. The van der Waals surface area contributed by atoms with Crippen molar-refractivity contribution >= 4 is 34.7 Å². The number of hydrogen-bond donors (Lipinski definition) is 2. The molecule has 0 aliphatic carbocycles. The zero-order valence-corrected chi connectivity index (χ0v) is 17.2. The van der Waals surface area contributed by atoms with Crippen molar-refractivity contribution in [1.29, 1.82) is 0 Å². The smallest absolute Gasteiger partial charge is 0.261 e. The Morgan fingerprint density at radius 3 is 2.94 bits per heavy atom. The van der Waals surface area contributed by atoms with E-state index in [0.29, 0.717) is 38.9 Å². The van der Waals surface area contributed by atoms with Gasteiger partial charge in [-0.1, -0.05) is 11.6 Å². The maximum absolute atomic E-state index is 13.0. The lowest BCUT2D eigenvalue weighted by atomic mass is 10.1. The molecule has 0 radical (unpaired) electrons. The summed E-state index contributed by atoms with van der Waals surface area (Å²) in [7, 11) is 1.53. The number of hydrogen-bond acceptors (Lipinski definition) is 6. The second-order valence-electron chi connectivity index (χ2n) is 6.62. The molecule has 4 aromatic rings. The van der Waals surface area contributed by atoms with E-state index in [1.807, 2.05) is 0 Å². The molecular weight excluding hydrogens is 422 g/mol. The number of anilines is 1. The summed E-state index contributed by atoms with van der Waals surface area (Å²) >= 11 is 6.18. The topological polar surface area (TPSA) is 129 Å². The van der Waals surface area contributed by atoms with E-state index in [1.54, 1.807) is 42.9 Å². The number of halogens is 1. The van der Waals surface area contributed by atoms with Gasteiger partial charge in [-0.3, -0.25) is 14.3 Å². The van der Waals surface area contributed by atoms with Crippen molar-refractivity contribution in [2.24, 2.45) is 5.73 Å². The molecule has 10 nitrogen and oxygen atoms in total. The summed E-state index contributed by atoms with van der Waals surface area (Å²) in [6, 6.07) is 6.80. The van der Waals surface area contributed by atoms with Crippen molar-refractivity contribution in [3.63, 3.8) is 0 Å². The molecular formula is C20H18ClN7O3. The molecule has 3 aromatic heterocycles. The fourth-order valence-electron chi connectivity index (χ4n) is 3.09. The summed E-state index contributed by atoms with van der Waals surface area (Å²) in [5.41, 5.74) is 7.40. The molecule has 0 saturated carbocycles. The molecule has 0 aliphatic rings. The van der Waals surface area contributed by atoms with E-state index in [9.17, 15) is 9.59 Å². The van der Waals surface area contributed by atoms with Crippen LogP contribution in [0.1, 0.15) is 16.8 Å². The first-order valence-electron chi connectivity index (χ1n) is 9.25. The van der Waals surface area contributed by atoms with Gasteiger partial charge in [-0.15, -0.1) is 0 Å². The number of aromatic nitrogens is 5. The van der Waals surface area contributed by atoms with Crippen LogP contribution in [0, 0.1) is 0 Å². The maximum atomic E-state index is 13.0. The van der Waals surface area contributed by atoms with E-state index >= 15 is 0 Å². The number of carbonyl (C=O) groups excluding carboxylic acids is 2.